The van der Waals surface area contributed by atoms with Gasteiger partial charge in [-0.2, -0.15) is 0 Å². The standard InChI is InChI=1S/C24H24N4O3S/c1-2-27(18-9-4-3-5-10-18)23(30)17-32-24-26-20-12-6-7-13-21(20)28(24)16-22(29)25-15-19-11-8-14-31-19/h3-14H,2,15-17H2,1H3,(H,25,29). The molecule has 32 heavy (non-hydrogen) atoms. The first kappa shape index (κ1) is 21.7. The maximum absolute atomic E-state index is 12.9. The lowest BCUT2D eigenvalue weighted by atomic mass is 10.3. The molecule has 1 N–H and O–H groups in total. The summed E-state index contributed by atoms with van der Waals surface area (Å²) in [5.41, 5.74) is 2.51. The largest absolute Gasteiger partial charge is 0.467 e. The van der Waals surface area contributed by atoms with E-state index < -0.39 is 0 Å². The van der Waals surface area contributed by atoms with Gasteiger partial charge in [0.2, 0.25) is 11.8 Å². The zero-order chi connectivity index (χ0) is 22.3. The minimum absolute atomic E-state index is 0.00965. The van der Waals surface area contributed by atoms with E-state index in [1.165, 1.54) is 11.8 Å². The Morgan fingerprint density at radius 3 is 2.59 bits per heavy atom. The lowest BCUT2D eigenvalue weighted by Gasteiger charge is -2.20. The number of imidazole rings is 1. The summed E-state index contributed by atoms with van der Waals surface area (Å²) in [6, 6.07) is 20.8. The quantitative estimate of drug-likeness (QED) is 0.390. The predicted octanol–water partition coefficient (Wildman–Crippen LogP) is 4.09. The number of rotatable bonds is 9. The highest BCUT2D eigenvalue weighted by Gasteiger charge is 2.18. The summed E-state index contributed by atoms with van der Waals surface area (Å²) in [7, 11) is 0. The first-order chi connectivity index (χ1) is 15.7. The molecule has 0 aliphatic rings. The van der Waals surface area contributed by atoms with Crippen LogP contribution in [0.2, 0.25) is 0 Å². The van der Waals surface area contributed by atoms with Crippen molar-refractivity contribution in [3.05, 3.63) is 78.8 Å². The molecule has 0 atom stereocenters. The minimum Gasteiger partial charge on any atom is -0.467 e. The van der Waals surface area contributed by atoms with Crippen molar-refractivity contribution in [3.63, 3.8) is 0 Å². The van der Waals surface area contributed by atoms with Crippen LogP contribution in [0.25, 0.3) is 11.0 Å². The van der Waals surface area contributed by atoms with Gasteiger partial charge in [0.1, 0.15) is 12.3 Å². The molecule has 0 radical (unpaired) electrons. The maximum Gasteiger partial charge on any atom is 0.240 e. The van der Waals surface area contributed by atoms with Gasteiger partial charge in [-0.05, 0) is 43.3 Å². The summed E-state index contributed by atoms with van der Waals surface area (Å²) in [6.45, 7) is 2.96. The van der Waals surface area contributed by atoms with Gasteiger partial charge in [0.05, 0.1) is 29.6 Å². The molecule has 8 heteroatoms. The van der Waals surface area contributed by atoms with Crippen LogP contribution in [0.3, 0.4) is 0 Å². The van der Waals surface area contributed by atoms with E-state index >= 15 is 0 Å². The van der Waals surface area contributed by atoms with Gasteiger partial charge in [0.15, 0.2) is 5.16 Å². The van der Waals surface area contributed by atoms with Gasteiger partial charge >= 0.3 is 0 Å². The molecule has 0 unspecified atom stereocenters. The highest BCUT2D eigenvalue weighted by atomic mass is 32.2. The average molecular weight is 449 g/mol. The molecule has 0 saturated carbocycles. The fraction of sp³-hybridized carbons (Fsp3) is 0.208. The third-order valence-electron chi connectivity index (χ3n) is 4.97. The molecule has 2 heterocycles. The number of fused-ring (bicyclic) bond motifs is 1. The Morgan fingerprint density at radius 1 is 1.06 bits per heavy atom. The Kier molecular flexibility index (Phi) is 6.91. The van der Waals surface area contributed by atoms with Crippen molar-refractivity contribution in [2.24, 2.45) is 0 Å². The molecular weight excluding hydrogens is 424 g/mol. The van der Waals surface area contributed by atoms with Gasteiger partial charge < -0.3 is 19.2 Å². The summed E-state index contributed by atoms with van der Waals surface area (Å²) >= 11 is 1.34. The summed E-state index contributed by atoms with van der Waals surface area (Å²) in [6.07, 6.45) is 1.58. The number of aromatic nitrogens is 2. The molecule has 4 rings (SSSR count). The van der Waals surface area contributed by atoms with Crippen molar-refractivity contribution in [2.45, 2.75) is 25.2 Å². The number of furan rings is 1. The molecular formula is C24H24N4O3S. The van der Waals surface area contributed by atoms with Gasteiger partial charge in [-0.1, -0.05) is 42.1 Å². The fourth-order valence-corrected chi connectivity index (χ4v) is 4.32. The molecule has 7 nitrogen and oxygen atoms in total. The summed E-state index contributed by atoms with van der Waals surface area (Å²) in [5, 5.41) is 3.50. The number of carbonyl (C=O) groups is 2. The number of nitrogens with zero attached hydrogens (tertiary/aromatic N) is 3. The van der Waals surface area contributed by atoms with Crippen LogP contribution in [0.15, 0.2) is 82.6 Å². The van der Waals surface area contributed by atoms with Crippen LogP contribution in [0.1, 0.15) is 12.7 Å². The zero-order valence-electron chi connectivity index (χ0n) is 17.7. The van der Waals surface area contributed by atoms with Crippen LogP contribution in [-0.2, 0) is 22.7 Å². The number of thioether (sulfide) groups is 1. The smallest absolute Gasteiger partial charge is 0.240 e. The Labute approximate surface area is 190 Å². The molecule has 4 aromatic rings. The third-order valence-corrected chi connectivity index (χ3v) is 5.93. The zero-order valence-corrected chi connectivity index (χ0v) is 18.5. The van der Waals surface area contributed by atoms with Crippen LogP contribution in [0.4, 0.5) is 5.69 Å². The second-order valence-electron chi connectivity index (χ2n) is 7.09. The van der Waals surface area contributed by atoms with Crippen LogP contribution >= 0.6 is 11.8 Å². The summed E-state index contributed by atoms with van der Waals surface area (Å²) < 4.78 is 7.12. The van der Waals surface area contributed by atoms with E-state index in [0.29, 0.717) is 24.0 Å². The van der Waals surface area contributed by atoms with Gasteiger partial charge in [-0.3, -0.25) is 9.59 Å². The number of hydrogen-bond acceptors (Lipinski definition) is 5. The highest BCUT2D eigenvalue weighted by molar-refractivity contribution is 7.99. The molecule has 0 aliphatic heterocycles. The molecule has 0 saturated heterocycles. The Hall–Kier alpha value is -3.52. The monoisotopic (exact) mass is 448 g/mol. The molecule has 2 aromatic heterocycles. The lowest BCUT2D eigenvalue weighted by Crippen LogP contribution is -2.32. The van der Waals surface area contributed by atoms with E-state index in [9.17, 15) is 9.59 Å². The lowest BCUT2D eigenvalue weighted by molar-refractivity contribution is -0.122. The molecule has 0 aliphatic carbocycles. The van der Waals surface area contributed by atoms with E-state index in [1.807, 2.05) is 72.2 Å². The van der Waals surface area contributed by atoms with Crippen molar-refractivity contribution in [3.8, 4) is 0 Å². The Morgan fingerprint density at radius 2 is 1.84 bits per heavy atom. The van der Waals surface area contributed by atoms with E-state index in [4.69, 9.17) is 4.42 Å². The number of nitrogens with one attached hydrogen (secondary N) is 1. The fourth-order valence-electron chi connectivity index (χ4n) is 3.43. The first-order valence-corrected chi connectivity index (χ1v) is 11.4. The topological polar surface area (TPSA) is 80.4 Å². The van der Waals surface area contributed by atoms with Crippen molar-refractivity contribution >= 4 is 40.3 Å². The van der Waals surface area contributed by atoms with Crippen LogP contribution in [-0.4, -0.2) is 33.7 Å². The number of para-hydroxylation sites is 3. The maximum atomic E-state index is 12.9. The average Bonchev–Trinajstić information content (AvgIpc) is 3.46. The van der Waals surface area contributed by atoms with Crippen molar-refractivity contribution in [1.82, 2.24) is 14.9 Å². The van der Waals surface area contributed by atoms with Gasteiger partial charge in [-0.25, -0.2) is 4.98 Å². The van der Waals surface area contributed by atoms with Crippen LogP contribution in [0, 0.1) is 0 Å². The number of amides is 2. The van der Waals surface area contributed by atoms with Crippen molar-refractivity contribution in [2.75, 3.05) is 17.2 Å². The minimum atomic E-state index is -0.155. The van der Waals surface area contributed by atoms with Crippen LogP contribution < -0.4 is 10.2 Å². The normalized spacial score (nSPS) is 10.9. The van der Waals surface area contributed by atoms with Crippen LogP contribution in [0.5, 0.6) is 0 Å². The second kappa shape index (κ2) is 10.2. The third kappa shape index (κ3) is 5.03. The van der Waals surface area contributed by atoms with Crippen molar-refractivity contribution in [1.29, 1.82) is 0 Å². The number of hydrogen-bond donors (Lipinski definition) is 1. The predicted molar refractivity (Wildman–Crippen MR) is 125 cm³/mol. The van der Waals surface area contributed by atoms with Gasteiger partial charge in [0, 0.05) is 12.2 Å². The summed E-state index contributed by atoms with van der Waals surface area (Å²) in [4.78, 5) is 31.9. The SMILES string of the molecule is CCN(C(=O)CSc1nc2ccccc2n1CC(=O)NCc1ccco1)c1ccccc1. The Bertz CT molecular complexity index is 1190. The van der Waals surface area contributed by atoms with E-state index in [-0.39, 0.29) is 24.1 Å². The van der Waals surface area contributed by atoms with E-state index in [2.05, 4.69) is 10.3 Å². The number of anilines is 1. The Balaban J connectivity index is 1.48. The molecule has 0 spiro atoms. The van der Waals surface area contributed by atoms with E-state index in [1.54, 1.807) is 17.2 Å². The number of carbonyl (C=O) groups excluding carboxylic acids is 2. The molecule has 2 amide bonds. The first-order valence-electron chi connectivity index (χ1n) is 10.4. The van der Waals surface area contributed by atoms with Crippen molar-refractivity contribution < 1.29 is 14.0 Å². The van der Waals surface area contributed by atoms with Gasteiger partial charge in [-0.15, -0.1) is 0 Å². The molecule has 164 valence electrons. The highest BCUT2D eigenvalue weighted by Crippen LogP contribution is 2.25. The van der Waals surface area contributed by atoms with E-state index in [0.717, 1.165) is 16.7 Å². The molecule has 0 bridgehead atoms. The van der Waals surface area contributed by atoms with Gasteiger partial charge in [0.25, 0.3) is 0 Å². The molecule has 2 aromatic carbocycles. The summed E-state index contributed by atoms with van der Waals surface area (Å²) in [5.74, 6) is 0.747. The number of benzene rings is 2. The molecule has 0 fully saturated rings. The second-order valence-corrected chi connectivity index (χ2v) is 8.03.